The van der Waals surface area contributed by atoms with Gasteiger partial charge < -0.3 is 10.1 Å². The summed E-state index contributed by atoms with van der Waals surface area (Å²) in [6.07, 6.45) is 5.42. The number of nitrogens with zero attached hydrogens (tertiary/aromatic N) is 1. The molecule has 1 aliphatic carbocycles. The van der Waals surface area contributed by atoms with Crippen LogP contribution in [0.4, 0.5) is 5.69 Å². The summed E-state index contributed by atoms with van der Waals surface area (Å²) in [5, 5.41) is 2.85. The standard InChI is InChI=1S/C23H25ClN2O5S/c1-2-14-26(18-10-4-3-5-11-18)32(29,30)19-12-13-21(24)20(15-19)23(28)31-16-22(27)25-17-8-6-7-9-17/h2-5,10-13,15,17H,1,6-9,14,16H2,(H,25,27). The molecular formula is C23H25ClN2O5S. The number of sulfonamides is 1. The van der Waals surface area contributed by atoms with Gasteiger partial charge in [-0.15, -0.1) is 6.58 Å². The van der Waals surface area contributed by atoms with E-state index in [2.05, 4.69) is 11.9 Å². The van der Waals surface area contributed by atoms with E-state index >= 15 is 0 Å². The monoisotopic (exact) mass is 476 g/mol. The van der Waals surface area contributed by atoms with E-state index in [9.17, 15) is 18.0 Å². The van der Waals surface area contributed by atoms with E-state index in [1.165, 1.54) is 22.5 Å². The Balaban J connectivity index is 1.78. The number of amides is 1. The predicted octanol–water partition coefficient (Wildman–Crippen LogP) is 3.94. The first-order valence-electron chi connectivity index (χ1n) is 10.3. The van der Waals surface area contributed by atoms with Crippen LogP contribution in [0.25, 0.3) is 0 Å². The number of carbonyl (C=O) groups is 2. The van der Waals surface area contributed by atoms with E-state index in [4.69, 9.17) is 16.3 Å². The van der Waals surface area contributed by atoms with E-state index in [-0.39, 0.29) is 28.1 Å². The molecule has 0 spiro atoms. The number of para-hydroxylation sites is 1. The van der Waals surface area contributed by atoms with Crippen LogP contribution in [0.2, 0.25) is 5.02 Å². The summed E-state index contributed by atoms with van der Waals surface area (Å²) in [7, 11) is -4.02. The Kier molecular flexibility index (Phi) is 7.93. The maximum absolute atomic E-state index is 13.3. The highest BCUT2D eigenvalue weighted by Gasteiger charge is 2.26. The number of carbonyl (C=O) groups excluding carboxylic acids is 2. The van der Waals surface area contributed by atoms with Gasteiger partial charge in [0.15, 0.2) is 6.61 Å². The number of hydrogen-bond acceptors (Lipinski definition) is 5. The third-order valence-electron chi connectivity index (χ3n) is 5.14. The van der Waals surface area contributed by atoms with Crippen LogP contribution in [0.3, 0.4) is 0 Å². The van der Waals surface area contributed by atoms with Crippen molar-refractivity contribution in [2.75, 3.05) is 17.5 Å². The first-order valence-corrected chi connectivity index (χ1v) is 12.1. The van der Waals surface area contributed by atoms with Crippen molar-refractivity contribution in [3.8, 4) is 0 Å². The molecule has 1 amide bonds. The van der Waals surface area contributed by atoms with E-state index in [0.717, 1.165) is 31.7 Å². The van der Waals surface area contributed by atoms with Gasteiger partial charge in [-0.25, -0.2) is 13.2 Å². The number of esters is 1. The third kappa shape index (κ3) is 5.69. The van der Waals surface area contributed by atoms with Gasteiger partial charge in [-0.2, -0.15) is 0 Å². The van der Waals surface area contributed by atoms with Crippen LogP contribution < -0.4 is 9.62 Å². The van der Waals surface area contributed by atoms with Crippen LogP contribution in [-0.4, -0.2) is 39.5 Å². The molecule has 2 aromatic carbocycles. The molecule has 0 radical (unpaired) electrons. The average Bonchev–Trinajstić information content (AvgIpc) is 3.29. The Hall–Kier alpha value is -2.84. The van der Waals surface area contributed by atoms with Crippen LogP contribution in [0, 0.1) is 0 Å². The molecule has 0 heterocycles. The number of ether oxygens (including phenoxy) is 1. The van der Waals surface area contributed by atoms with Crippen molar-refractivity contribution in [2.45, 2.75) is 36.6 Å². The average molecular weight is 477 g/mol. The SMILES string of the molecule is C=CCN(c1ccccc1)S(=O)(=O)c1ccc(Cl)c(C(=O)OCC(=O)NC2CCCC2)c1. The molecule has 170 valence electrons. The summed E-state index contributed by atoms with van der Waals surface area (Å²) < 4.78 is 32.8. The van der Waals surface area contributed by atoms with Crippen LogP contribution in [0.5, 0.6) is 0 Å². The number of rotatable bonds is 9. The number of nitrogens with one attached hydrogen (secondary N) is 1. The predicted molar refractivity (Wildman–Crippen MR) is 123 cm³/mol. The summed E-state index contributed by atoms with van der Waals surface area (Å²) in [6, 6.07) is 12.5. The highest BCUT2D eigenvalue weighted by molar-refractivity contribution is 7.92. The molecule has 0 aliphatic heterocycles. The molecule has 0 bridgehead atoms. The molecule has 9 heteroatoms. The second-order valence-corrected chi connectivity index (χ2v) is 9.70. The second kappa shape index (κ2) is 10.7. The van der Waals surface area contributed by atoms with Gasteiger partial charge in [0.1, 0.15) is 0 Å². The van der Waals surface area contributed by atoms with Crippen LogP contribution in [-0.2, 0) is 19.6 Å². The smallest absolute Gasteiger partial charge is 0.340 e. The molecule has 0 aromatic heterocycles. The quantitative estimate of drug-likeness (QED) is 0.437. The Bertz CT molecular complexity index is 1080. The highest BCUT2D eigenvalue weighted by Crippen LogP contribution is 2.27. The lowest BCUT2D eigenvalue weighted by Crippen LogP contribution is -2.36. The Morgan fingerprint density at radius 2 is 1.84 bits per heavy atom. The largest absolute Gasteiger partial charge is 0.452 e. The number of hydrogen-bond donors (Lipinski definition) is 1. The number of benzene rings is 2. The summed E-state index contributed by atoms with van der Waals surface area (Å²) in [6.45, 7) is 3.21. The molecule has 0 saturated heterocycles. The maximum atomic E-state index is 13.3. The van der Waals surface area contributed by atoms with Gasteiger partial charge >= 0.3 is 5.97 Å². The molecule has 1 saturated carbocycles. The normalized spacial score (nSPS) is 14.0. The maximum Gasteiger partial charge on any atom is 0.340 e. The fourth-order valence-electron chi connectivity index (χ4n) is 3.55. The summed E-state index contributed by atoms with van der Waals surface area (Å²) >= 11 is 6.13. The van der Waals surface area contributed by atoms with Crippen molar-refractivity contribution in [2.24, 2.45) is 0 Å². The van der Waals surface area contributed by atoms with Crippen molar-refractivity contribution in [3.05, 3.63) is 71.8 Å². The summed E-state index contributed by atoms with van der Waals surface area (Å²) in [5.74, 6) is -1.27. The molecule has 0 unspecified atom stereocenters. The zero-order valence-corrected chi connectivity index (χ0v) is 19.1. The number of halogens is 1. The zero-order valence-electron chi connectivity index (χ0n) is 17.5. The van der Waals surface area contributed by atoms with E-state index in [0.29, 0.717) is 5.69 Å². The second-order valence-electron chi connectivity index (χ2n) is 7.43. The van der Waals surface area contributed by atoms with Crippen LogP contribution in [0.15, 0.2) is 66.1 Å². The van der Waals surface area contributed by atoms with Crippen LogP contribution in [0.1, 0.15) is 36.0 Å². The molecule has 3 rings (SSSR count). The van der Waals surface area contributed by atoms with Gasteiger partial charge in [-0.05, 0) is 43.2 Å². The van der Waals surface area contributed by atoms with Gasteiger partial charge in [0.05, 0.1) is 27.7 Å². The minimum absolute atomic E-state index is 0.0279. The fourth-order valence-corrected chi connectivity index (χ4v) is 5.21. The van der Waals surface area contributed by atoms with Gasteiger partial charge in [0.2, 0.25) is 0 Å². The van der Waals surface area contributed by atoms with Gasteiger partial charge in [-0.3, -0.25) is 9.10 Å². The van der Waals surface area contributed by atoms with E-state index < -0.39 is 28.5 Å². The lowest BCUT2D eigenvalue weighted by molar-refractivity contribution is -0.124. The minimum Gasteiger partial charge on any atom is -0.452 e. The molecular weight excluding hydrogens is 452 g/mol. The van der Waals surface area contributed by atoms with E-state index in [1.807, 2.05) is 0 Å². The Labute approximate surface area is 193 Å². The molecule has 1 N–H and O–H groups in total. The van der Waals surface area contributed by atoms with Gasteiger partial charge in [-0.1, -0.05) is 48.7 Å². The Morgan fingerprint density at radius 1 is 1.16 bits per heavy atom. The molecule has 2 aromatic rings. The molecule has 1 fully saturated rings. The van der Waals surface area contributed by atoms with E-state index in [1.54, 1.807) is 30.3 Å². The third-order valence-corrected chi connectivity index (χ3v) is 7.26. The lowest BCUT2D eigenvalue weighted by Gasteiger charge is -2.23. The molecule has 7 nitrogen and oxygen atoms in total. The topological polar surface area (TPSA) is 92.8 Å². The minimum atomic E-state index is -4.02. The summed E-state index contributed by atoms with van der Waals surface area (Å²) in [5.41, 5.74) is 0.322. The van der Waals surface area contributed by atoms with Gasteiger partial charge in [0.25, 0.3) is 15.9 Å². The fraction of sp³-hybridized carbons (Fsp3) is 0.304. The molecule has 0 atom stereocenters. The first-order chi connectivity index (χ1) is 15.3. The van der Waals surface area contributed by atoms with Crippen molar-refractivity contribution < 1.29 is 22.7 Å². The molecule has 32 heavy (non-hydrogen) atoms. The highest BCUT2D eigenvalue weighted by atomic mass is 35.5. The molecule has 1 aliphatic rings. The van der Waals surface area contributed by atoms with Crippen LogP contribution >= 0.6 is 11.6 Å². The van der Waals surface area contributed by atoms with Crippen molar-refractivity contribution in [1.29, 1.82) is 0 Å². The lowest BCUT2D eigenvalue weighted by atomic mass is 10.2. The van der Waals surface area contributed by atoms with Crippen molar-refractivity contribution in [3.63, 3.8) is 0 Å². The number of anilines is 1. The van der Waals surface area contributed by atoms with Crippen molar-refractivity contribution in [1.82, 2.24) is 5.32 Å². The summed E-state index contributed by atoms with van der Waals surface area (Å²) in [4.78, 5) is 24.4. The zero-order chi connectivity index (χ0) is 23.1. The first kappa shape index (κ1) is 23.8. The van der Waals surface area contributed by atoms with Gasteiger partial charge in [0, 0.05) is 6.04 Å². The Morgan fingerprint density at radius 3 is 2.50 bits per heavy atom. The van der Waals surface area contributed by atoms with Crippen molar-refractivity contribution >= 4 is 39.2 Å².